The molecule has 0 fully saturated rings. The quantitative estimate of drug-likeness (QED) is 0.128. The average molecular weight is 707 g/mol. The third kappa shape index (κ3) is 5.59. The number of fused-ring (bicyclic) bond motifs is 3. The summed E-state index contributed by atoms with van der Waals surface area (Å²) in [6.07, 6.45) is 0.560. The van der Waals surface area contributed by atoms with Crippen LogP contribution in [0.5, 0.6) is 23.0 Å². The van der Waals surface area contributed by atoms with Crippen molar-refractivity contribution in [3.05, 3.63) is 108 Å². The van der Waals surface area contributed by atoms with Gasteiger partial charge in [-0.15, -0.1) is 0 Å². The predicted octanol–water partition coefficient (Wildman–Crippen LogP) is 12.6. The van der Waals surface area contributed by atoms with Crippen LogP contribution in [0, 0.1) is 13.8 Å². The Morgan fingerprint density at radius 2 is 0.978 bits per heavy atom. The zero-order chi connectivity index (χ0) is 32.7. The molecule has 4 aromatic rings. The fraction of sp³-hybridized carbons (Fsp3) is 0.314. The van der Waals surface area contributed by atoms with Gasteiger partial charge in [-0.2, -0.15) is 0 Å². The molecular weight excluding hydrogens is 671 g/mol. The molecule has 0 aliphatic carbocycles. The molecule has 10 heteroatoms. The van der Waals surface area contributed by atoms with Gasteiger partial charge in [0.15, 0.2) is 0 Å². The molecule has 0 amide bonds. The van der Waals surface area contributed by atoms with Gasteiger partial charge in [0.25, 0.3) is 0 Å². The summed E-state index contributed by atoms with van der Waals surface area (Å²) < 4.78 is 28.4. The number of halogens is 4. The van der Waals surface area contributed by atoms with Crippen molar-refractivity contribution in [2.75, 3.05) is 5.09 Å². The van der Waals surface area contributed by atoms with E-state index in [1.807, 2.05) is 30.3 Å². The van der Waals surface area contributed by atoms with Gasteiger partial charge in [0.05, 0.1) is 0 Å². The molecule has 0 bridgehead atoms. The molecule has 2 aliphatic rings. The van der Waals surface area contributed by atoms with Crippen molar-refractivity contribution in [3.8, 4) is 23.0 Å². The van der Waals surface area contributed by atoms with Gasteiger partial charge in [0.1, 0.15) is 0 Å². The predicted molar refractivity (Wildman–Crippen MR) is 189 cm³/mol. The van der Waals surface area contributed by atoms with E-state index < -0.39 is 7.66 Å². The van der Waals surface area contributed by atoms with E-state index in [1.165, 1.54) is 0 Å². The number of benzene rings is 4. The molecule has 1 N–H and O–H groups in total. The van der Waals surface area contributed by atoms with Crippen LogP contribution in [0.4, 0.5) is 5.69 Å². The first-order valence-corrected chi connectivity index (χ1v) is 18.1. The number of hydrogen-bond donors (Lipinski definition) is 1. The molecule has 238 valence electrons. The van der Waals surface area contributed by atoms with Crippen molar-refractivity contribution in [2.24, 2.45) is 0 Å². The van der Waals surface area contributed by atoms with E-state index in [9.17, 15) is 0 Å². The van der Waals surface area contributed by atoms with Gasteiger partial charge in [-0.3, -0.25) is 0 Å². The normalized spacial score (nSPS) is 17.1. The monoisotopic (exact) mass is 705 g/mol. The van der Waals surface area contributed by atoms with Gasteiger partial charge in [-0.05, 0) is 0 Å². The van der Waals surface area contributed by atoms with Crippen molar-refractivity contribution < 1.29 is 18.1 Å². The van der Waals surface area contributed by atoms with Crippen LogP contribution in [0.25, 0.3) is 0 Å². The molecule has 0 saturated carbocycles. The second-order valence-electron chi connectivity index (χ2n) is 13.8. The van der Waals surface area contributed by atoms with E-state index in [0.717, 1.165) is 33.4 Å². The summed E-state index contributed by atoms with van der Waals surface area (Å²) in [6, 6.07) is 18.0. The molecule has 4 aromatic carbocycles. The third-order valence-corrected chi connectivity index (χ3v) is 12.3. The Morgan fingerprint density at radius 3 is 1.38 bits per heavy atom. The van der Waals surface area contributed by atoms with Gasteiger partial charge in [0.2, 0.25) is 0 Å². The summed E-state index contributed by atoms with van der Waals surface area (Å²) in [5.41, 5.74) is 6.05. The van der Waals surface area contributed by atoms with Gasteiger partial charge in [0, 0.05) is 0 Å². The van der Waals surface area contributed by atoms with Gasteiger partial charge in [-0.25, -0.2) is 0 Å². The van der Waals surface area contributed by atoms with Crippen LogP contribution < -0.4 is 23.2 Å². The fourth-order valence-corrected chi connectivity index (χ4v) is 9.82. The van der Waals surface area contributed by atoms with Crippen LogP contribution in [-0.2, 0) is 17.3 Å². The molecule has 0 atom stereocenters. The first-order chi connectivity index (χ1) is 20.9. The molecule has 5 nitrogen and oxygen atoms in total. The van der Waals surface area contributed by atoms with Crippen molar-refractivity contribution in [1.29, 1.82) is 0 Å². The van der Waals surface area contributed by atoms with Crippen molar-refractivity contribution >= 4 is 59.8 Å². The number of aryl methyl sites for hydroxylation is 2. The van der Waals surface area contributed by atoms with Gasteiger partial charge in [-0.1, -0.05) is 0 Å². The summed E-state index contributed by atoms with van der Waals surface area (Å²) in [7, 11) is -5.13. The summed E-state index contributed by atoms with van der Waals surface area (Å²) in [6.45, 7) is 17.0. The van der Waals surface area contributed by atoms with Crippen LogP contribution in [0.1, 0.15) is 74.9 Å². The summed E-state index contributed by atoms with van der Waals surface area (Å²) in [5.74, 6) is 1.34. The Kier molecular flexibility index (Phi) is 7.75. The fourth-order valence-electron chi connectivity index (χ4n) is 5.80. The first-order valence-electron chi connectivity index (χ1n) is 14.7. The number of para-hydroxylation sites is 1. The van der Waals surface area contributed by atoms with E-state index in [0.29, 0.717) is 23.6 Å². The number of rotatable bonds is 2. The molecule has 2 aliphatic heterocycles. The second kappa shape index (κ2) is 10.8. The van der Waals surface area contributed by atoms with Crippen LogP contribution in [0.2, 0.25) is 20.1 Å². The van der Waals surface area contributed by atoms with E-state index in [2.05, 4.69) is 84.7 Å². The van der Waals surface area contributed by atoms with Crippen molar-refractivity contribution in [2.45, 2.75) is 72.6 Å². The minimum atomic E-state index is -5.13. The maximum atomic E-state index is 7.27. The molecule has 0 radical (unpaired) electrons. The molecule has 45 heavy (non-hydrogen) atoms. The topological polar surface area (TPSA) is 49.0 Å². The van der Waals surface area contributed by atoms with Crippen LogP contribution in [0.3, 0.4) is 0 Å². The Labute approximate surface area is 285 Å². The first kappa shape index (κ1) is 32.4. The molecular formula is C35H36Cl4NO4P. The summed E-state index contributed by atoms with van der Waals surface area (Å²) >= 11 is 26.7. The molecule has 0 unspecified atom stereocenters. The Bertz CT molecular complexity index is 1750. The Hall–Kier alpha value is -2.53. The minimum absolute atomic E-state index is 0.0343. The molecule has 6 rings (SSSR count). The molecule has 0 saturated heterocycles. The number of hydrogen-bond acceptors (Lipinski definition) is 5. The molecule has 0 aromatic heterocycles. The van der Waals surface area contributed by atoms with E-state index in [4.69, 9.17) is 64.5 Å². The van der Waals surface area contributed by atoms with Crippen LogP contribution in [-0.4, -0.2) is 0 Å². The Morgan fingerprint density at radius 1 is 0.578 bits per heavy atom. The van der Waals surface area contributed by atoms with E-state index in [-0.39, 0.29) is 42.4 Å². The zero-order valence-electron chi connectivity index (χ0n) is 26.5. The standard InChI is InChI=1S/C35H36Cl4NO4P/c1-19-14-21-18-22-15-20(2)17-25(35(6,7)8)31(22)42-45(40-23-12-10-9-11-13-23,41-30(21)24(16-19)34(3,4)5)43-32-28(38)26(36)27(37)29(39)33(32)44-45/h9-17,40H,18H2,1-8H3. The van der Waals surface area contributed by atoms with Gasteiger partial charge >= 0.3 is 287 Å². The van der Waals surface area contributed by atoms with E-state index >= 15 is 0 Å². The Balaban J connectivity index is 1.77. The third-order valence-electron chi connectivity index (χ3n) is 7.88. The molecule has 1 spiro atoms. The average Bonchev–Trinajstić information content (AvgIpc) is 3.28. The van der Waals surface area contributed by atoms with Crippen molar-refractivity contribution in [3.63, 3.8) is 0 Å². The van der Waals surface area contributed by atoms with E-state index in [1.54, 1.807) is 0 Å². The van der Waals surface area contributed by atoms with Gasteiger partial charge < -0.3 is 0 Å². The zero-order valence-corrected chi connectivity index (χ0v) is 30.4. The maximum absolute atomic E-state index is 7.27. The van der Waals surface area contributed by atoms with Crippen molar-refractivity contribution in [1.82, 2.24) is 0 Å². The molecule has 2 heterocycles. The van der Waals surface area contributed by atoms with Crippen LogP contribution in [0.15, 0.2) is 54.6 Å². The summed E-state index contributed by atoms with van der Waals surface area (Å²) in [4.78, 5) is 0. The van der Waals surface area contributed by atoms with Crippen LogP contribution >= 0.6 is 54.1 Å². The summed E-state index contributed by atoms with van der Waals surface area (Å²) in [5, 5.41) is 3.62. The number of nitrogens with one attached hydrogen (secondary N) is 1. The SMILES string of the molecule is Cc1cc2c(c(C(C)(C)C)c1)OP1(Nc3ccccc3)(Oc3c(cc(C)cc3C(C)(C)C)C2)Oc2c(Cl)c(Cl)c(Cl)c(Cl)c2O1. The second-order valence-corrected chi connectivity index (χ2v) is 17.9. The number of anilines is 1.